The van der Waals surface area contributed by atoms with Crippen LogP contribution in [-0.2, 0) is 0 Å². The average Bonchev–Trinajstić information content (AvgIpc) is 2.42. The molecule has 0 atom stereocenters. The Morgan fingerprint density at radius 1 is 1.45 bits per heavy atom. The summed E-state index contributed by atoms with van der Waals surface area (Å²) in [5.41, 5.74) is 7.29. The van der Waals surface area contributed by atoms with E-state index < -0.39 is 0 Å². The van der Waals surface area contributed by atoms with Crippen molar-refractivity contribution in [2.75, 3.05) is 0 Å². The molecule has 0 fully saturated rings. The Kier molecular flexibility index (Phi) is 3.99. The molecule has 0 aliphatic rings. The van der Waals surface area contributed by atoms with Gasteiger partial charge in [0.1, 0.15) is 5.03 Å². The molecule has 0 radical (unpaired) electrons. The Morgan fingerprint density at radius 3 is 2.85 bits per heavy atom. The van der Waals surface area contributed by atoms with Crippen molar-refractivity contribution >= 4 is 17.6 Å². The minimum absolute atomic E-state index is 0.0683. The number of H-pyrrole nitrogens is 1. The van der Waals surface area contributed by atoms with E-state index in [0.29, 0.717) is 21.4 Å². The summed E-state index contributed by atoms with van der Waals surface area (Å²) >= 11 is 1.08. The first-order valence-electron chi connectivity index (χ1n) is 5.58. The van der Waals surface area contributed by atoms with Crippen LogP contribution in [0.1, 0.15) is 16.8 Å². The van der Waals surface area contributed by atoms with Gasteiger partial charge in [0.15, 0.2) is 11.0 Å². The number of hydrogen-bond donors (Lipinski definition) is 3. The summed E-state index contributed by atoms with van der Waals surface area (Å²) in [5, 5.41) is 20.6. The van der Waals surface area contributed by atoms with Gasteiger partial charge in [-0.2, -0.15) is 5.10 Å². The lowest BCUT2D eigenvalue weighted by molar-refractivity contribution is 0.318. The second-order valence-electron chi connectivity index (χ2n) is 3.92. The molecular formula is C11H12N6O2S. The van der Waals surface area contributed by atoms with Crippen LogP contribution in [0, 0.1) is 13.8 Å². The van der Waals surface area contributed by atoms with Gasteiger partial charge in [0.05, 0.1) is 11.3 Å². The number of nitrogens with two attached hydrogens (primary N) is 1. The van der Waals surface area contributed by atoms with E-state index in [1.807, 2.05) is 0 Å². The van der Waals surface area contributed by atoms with E-state index in [9.17, 15) is 4.79 Å². The highest BCUT2D eigenvalue weighted by Crippen LogP contribution is 2.27. The molecule has 0 aliphatic heterocycles. The third-order valence-corrected chi connectivity index (χ3v) is 3.51. The normalized spacial score (nSPS) is 11.6. The highest BCUT2D eigenvalue weighted by molar-refractivity contribution is 7.99. The van der Waals surface area contributed by atoms with Crippen LogP contribution in [0.15, 0.2) is 32.4 Å². The minimum Gasteiger partial charge on any atom is -0.409 e. The number of aromatic nitrogens is 4. The number of aromatic amines is 1. The molecule has 4 N–H and O–H groups in total. The Labute approximate surface area is 118 Å². The minimum atomic E-state index is -0.273. The van der Waals surface area contributed by atoms with E-state index in [1.165, 1.54) is 12.3 Å². The number of amidine groups is 1. The number of rotatable bonds is 3. The average molecular weight is 292 g/mol. The van der Waals surface area contributed by atoms with E-state index >= 15 is 0 Å². The number of aryl methyl sites for hydroxylation is 1. The van der Waals surface area contributed by atoms with Crippen molar-refractivity contribution in [2.24, 2.45) is 10.9 Å². The monoisotopic (exact) mass is 292 g/mol. The topological polar surface area (TPSA) is 130 Å². The Balaban J connectivity index is 2.52. The molecule has 0 saturated carbocycles. The van der Waals surface area contributed by atoms with E-state index in [-0.39, 0.29) is 11.4 Å². The molecule has 2 heterocycles. The summed E-state index contributed by atoms with van der Waals surface area (Å²) in [5.74, 6) is -0.0683. The molecule has 104 valence electrons. The summed E-state index contributed by atoms with van der Waals surface area (Å²) in [6.07, 6.45) is 1.39. The lowest BCUT2D eigenvalue weighted by Gasteiger charge is -2.10. The van der Waals surface area contributed by atoms with Crippen molar-refractivity contribution in [2.45, 2.75) is 24.0 Å². The Morgan fingerprint density at radius 2 is 2.20 bits per heavy atom. The molecular weight excluding hydrogens is 280 g/mol. The molecule has 0 saturated heterocycles. The Hall–Kier alpha value is -2.42. The summed E-state index contributed by atoms with van der Waals surface area (Å²) in [6.45, 7) is 3.57. The third-order valence-electron chi connectivity index (χ3n) is 2.63. The van der Waals surface area contributed by atoms with Crippen LogP contribution in [0.3, 0.4) is 0 Å². The van der Waals surface area contributed by atoms with Gasteiger partial charge < -0.3 is 15.9 Å². The molecule has 0 aromatic carbocycles. The highest BCUT2D eigenvalue weighted by Gasteiger charge is 2.17. The van der Waals surface area contributed by atoms with Crippen LogP contribution in [0.5, 0.6) is 0 Å². The van der Waals surface area contributed by atoms with Crippen molar-refractivity contribution in [1.82, 2.24) is 20.2 Å². The van der Waals surface area contributed by atoms with Gasteiger partial charge in [-0.1, -0.05) is 5.16 Å². The maximum atomic E-state index is 11.2. The molecule has 2 aromatic heterocycles. The molecule has 20 heavy (non-hydrogen) atoms. The van der Waals surface area contributed by atoms with Crippen molar-refractivity contribution in [3.8, 4) is 0 Å². The SMILES string of the molecule is Cc1nnc(Sc2nccc(=O)[nH]2)c(/C(N)=N/O)c1C. The quantitative estimate of drug-likeness (QED) is 0.246. The molecule has 9 heteroatoms. The maximum Gasteiger partial charge on any atom is 0.251 e. The van der Waals surface area contributed by atoms with Crippen molar-refractivity contribution < 1.29 is 5.21 Å². The van der Waals surface area contributed by atoms with E-state index in [1.54, 1.807) is 13.8 Å². The van der Waals surface area contributed by atoms with Gasteiger partial charge in [-0.25, -0.2) is 4.98 Å². The number of hydrogen-bond acceptors (Lipinski definition) is 7. The van der Waals surface area contributed by atoms with E-state index in [4.69, 9.17) is 10.9 Å². The molecule has 2 aromatic rings. The van der Waals surface area contributed by atoms with Gasteiger partial charge in [-0.15, -0.1) is 5.10 Å². The fraction of sp³-hybridized carbons (Fsp3) is 0.182. The van der Waals surface area contributed by atoms with Gasteiger partial charge in [-0.3, -0.25) is 4.79 Å². The van der Waals surface area contributed by atoms with Crippen LogP contribution in [0.4, 0.5) is 0 Å². The lowest BCUT2D eigenvalue weighted by atomic mass is 10.1. The van der Waals surface area contributed by atoms with Crippen LogP contribution >= 0.6 is 11.8 Å². The second kappa shape index (κ2) is 5.70. The van der Waals surface area contributed by atoms with Crippen LogP contribution < -0.4 is 11.3 Å². The van der Waals surface area contributed by atoms with Crippen molar-refractivity contribution in [1.29, 1.82) is 0 Å². The smallest absolute Gasteiger partial charge is 0.251 e. The zero-order valence-electron chi connectivity index (χ0n) is 10.8. The first-order chi connectivity index (χ1) is 9.52. The molecule has 0 spiro atoms. The number of nitrogens with zero attached hydrogens (tertiary/aromatic N) is 4. The Bertz CT molecular complexity index is 727. The van der Waals surface area contributed by atoms with Crippen molar-refractivity contribution in [3.63, 3.8) is 0 Å². The molecule has 2 rings (SSSR count). The fourth-order valence-corrected chi connectivity index (χ4v) is 2.39. The van der Waals surface area contributed by atoms with Crippen LogP contribution in [0.25, 0.3) is 0 Å². The summed E-state index contributed by atoms with van der Waals surface area (Å²) in [6, 6.07) is 1.31. The largest absolute Gasteiger partial charge is 0.409 e. The number of oxime groups is 1. The standard InChI is InChI=1S/C11H12N6O2S/c1-5-6(2)15-16-10(8(5)9(12)17-19)20-11-13-4-3-7(18)14-11/h3-4,19H,1-2H3,(H2,12,17)(H,13,14,18). The van der Waals surface area contributed by atoms with Gasteiger partial charge in [0, 0.05) is 12.3 Å². The number of nitrogens with one attached hydrogen (secondary N) is 1. The van der Waals surface area contributed by atoms with Crippen LogP contribution in [0.2, 0.25) is 0 Å². The second-order valence-corrected chi connectivity index (χ2v) is 4.89. The first-order valence-corrected chi connectivity index (χ1v) is 6.39. The van der Waals surface area contributed by atoms with Gasteiger partial charge >= 0.3 is 0 Å². The molecule has 0 amide bonds. The molecule has 8 nitrogen and oxygen atoms in total. The third kappa shape index (κ3) is 2.77. The van der Waals surface area contributed by atoms with E-state index in [0.717, 1.165) is 17.3 Å². The molecule has 0 bridgehead atoms. The predicted octanol–water partition coefficient (Wildman–Crippen LogP) is 0.422. The van der Waals surface area contributed by atoms with Gasteiger partial charge in [-0.05, 0) is 31.2 Å². The summed E-state index contributed by atoms with van der Waals surface area (Å²) in [7, 11) is 0. The van der Waals surface area contributed by atoms with Gasteiger partial charge in [0.25, 0.3) is 5.56 Å². The summed E-state index contributed by atoms with van der Waals surface area (Å²) in [4.78, 5) is 17.8. The van der Waals surface area contributed by atoms with Gasteiger partial charge in [0.2, 0.25) is 0 Å². The fourth-order valence-electron chi connectivity index (χ4n) is 1.51. The first kappa shape index (κ1) is 14.0. The van der Waals surface area contributed by atoms with Crippen molar-refractivity contribution in [3.05, 3.63) is 39.4 Å². The zero-order valence-corrected chi connectivity index (χ0v) is 11.6. The molecule has 0 unspecified atom stereocenters. The van der Waals surface area contributed by atoms with E-state index in [2.05, 4.69) is 25.3 Å². The highest BCUT2D eigenvalue weighted by atomic mass is 32.2. The summed E-state index contributed by atoms with van der Waals surface area (Å²) < 4.78 is 0. The van der Waals surface area contributed by atoms with Crippen LogP contribution in [-0.4, -0.2) is 31.2 Å². The molecule has 0 aliphatic carbocycles. The lowest BCUT2D eigenvalue weighted by Crippen LogP contribution is -2.18. The predicted molar refractivity (Wildman–Crippen MR) is 73.0 cm³/mol. The maximum absolute atomic E-state index is 11.2. The zero-order chi connectivity index (χ0) is 14.7.